The number of hydrogen-bond acceptors (Lipinski definition) is 10. The van der Waals surface area contributed by atoms with Gasteiger partial charge in [-0.2, -0.15) is 0 Å². The molecule has 13 heteroatoms. The maximum atomic E-state index is 15.3. The average Bonchev–Trinajstić information content (AvgIpc) is 3.01. The van der Waals surface area contributed by atoms with Crippen LogP contribution in [0.2, 0.25) is 0 Å². The highest BCUT2D eigenvalue weighted by molar-refractivity contribution is 7.71. The number of carbonyl (C=O) groups excluding carboxylic acids is 1. The zero-order valence-corrected chi connectivity index (χ0v) is 22.2. The van der Waals surface area contributed by atoms with E-state index in [1.54, 1.807) is 44.2 Å². The van der Waals surface area contributed by atoms with Crippen LogP contribution in [0.15, 0.2) is 42.6 Å². The van der Waals surface area contributed by atoms with Gasteiger partial charge in [0, 0.05) is 6.20 Å². The van der Waals surface area contributed by atoms with Crippen LogP contribution in [0.25, 0.3) is 0 Å². The fourth-order valence-corrected chi connectivity index (χ4v) is 5.80. The number of aliphatic hydroxyl groups is 1. The molecular weight excluding hydrogens is 512 g/mol. The number of rotatable bonds is 10. The summed E-state index contributed by atoms with van der Waals surface area (Å²) in [4.78, 5) is 16.3. The number of para-hydroxylation sites is 1. The monoisotopic (exact) mass is 543 g/mol. The van der Waals surface area contributed by atoms with E-state index in [1.807, 2.05) is 0 Å². The van der Waals surface area contributed by atoms with E-state index in [2.05, 4.69) is 4.98 Å². The van der Waals surface area contributed by atoms with Crippen molar-refractivity contribution in [1.29, 1.82) is 0 Å². The largest absolute Gasteiger partial charge is 0.463 e. The summed E-state index contributed by atoms with van der Waals surface area (Å²) in [5.41, 5.74) is 3.62. The van der Waals surface area contributed by atoms with Gasteiger partial charge in [-0.3, -0.25) is 13.9 Å². The van der Waals surface area contributed by atoms with Gasteiger partial charge in [-0.05, 0) is 51.2 Å². The smallest absolute Gasteiger partial charge is 0.380 e. The molecule has 198 valence electrons. The molecule has 2 heterocycles. The van der Waals surface area contributed by atoms with Crippen LogP contribution >= 0.6 is 19.8 Å². The van der Waals surface area contributed by atoms with Crippen molar-refractivity contribution in [3.8, 4) is 5.75 Å². The molecule has 0 amide bonds. The molecule has 1 aromatic heterocycles. The molecule has 1 saturated heterocycles. The molecule has 6 atom stereocenters. The molecule has 0 radical (unpaired) electrons. The first kappa shape index (κ1) is 28.2. The second-order valence-corrected chi connectivity index (χ2v) is 11.5. The second kappa shape index (κ2) is 11.4. The first-order chi connectivity index (χ1) is 16.8. The standard InChI is InChI=1S/C23H31FN3O7PS/c1-14(2)32-20(28)15(3)13-35(30,34-16-8-6-5-7-9-16)31-12-17-19(24)23(4,29)21(33-17)27-11-10-18(25)26-22(27)36/h5-11,14-15,17,19,21,29H,12-13H2,1-4H3,(H2,25,26,36)/t15-,17-,19+,21-,23?,35?/m1/s1. The second-order valence-electron chi connectivity index (χ2n) is 9.08. The number of ether oxygens (including phenoxy) is 2. The van der Waals surface area contributed by atoms with Gasteiger partial charge < -0.3 is 24.8 Å². The van der Waals surface area contributed by atoms with Gasteiger partial charge in [-0.25, -0.2) is 13.9 Å². The Labute approximate surface area is 214 Å². The Kier molecular flexibility index (Phi) is 8.89. The third-order valence-corrected chi connectivity index (χ3v) is 7.80. The Hall–Kier alpha value is -2.37. The van der Waals surface area contributed by atoms with Gasteiger partial charge in [0.05, 0.1) is 24.8 Å². The minimum Gasteiger partial charge on any atom is -0.463 e. The molecule has 0 aliphatic carbocycles. The molecule has 2 unspecified atom stereocenters. The van der Waals surface area contributed by atoms with E-state index in [-0.39, 0.29) is 28.6 Å². The van der Waals surface area contributed by atoms with Crippen LogP contribution in [0.5, 0.6) is 5.75 Å². The molecule has 0 bridgehead atoms. The average molecular weight is 544 g/mol. The molecule has 1 aliphatic rings. The van der Waals surface area contributed by atoms with Crippen molar-refractivity contribution in [3.63, 3.8) is 0 Å². The van der Waals surface area contributed by atoms with E-state index in [9.17, 15) is 14.5 Å². The van der Waals surface area contributed by atoms with Crippen molar-refractivity contribution in [1.82, 2.24) is 9.55 Å². The molecular formula is C23H31FN3O7PS. The lowest BCUT2D eigenvalue weighted by molar-refractivity contribution is -0.151. The maximum Gasteiger partial charge on any atom is 0.380 e. The summed E-state index contributed by atoms with van der Waals surface area (Å²) in [5.74, 6) is -0.991. The van der Waals surface area contributed by atoms with Crippen LogP contribution < -0.4 is 10.3 Å². The molecule has 1 aliphatic heterocycles. The van der Waals surface area contributed by atoms with Gasteiger partial charge in [0.2, 0.25) is 4.77 Å². The number of nitrogens with two attached hydrogens (primary N) is 1. The van der Waals surface area contributed by atoms with E-state index < -0.39 is 50.2 Å². The Morgan fingerprint density at radius 2 is 2.00 bits per heavy atom. The Bertz CT molecular complexity index is 1160. The lowest BCUT2D eigenvalue weighted by atomic mass is 9.98. The predicted octanol–water partition coefficient (Wildman–Crippen LogP) is 4.06. The van der Waals surface area contributed by atoms with Crippen molar-refractivity contribution >= 4 is 31.6 Å². The molecule has 10 nitrogen and oxygen atoms in total. The molecule has 3 N–H and O–H groups in total. The highest BCUT2D eigenvalue weighted by Gasteiger charge is 2.55. The van der Waals surface area contributed by atoms with Gasteiger partial charge in [-0.1, -0.05) is 25.1 Å². The number of anilines is 1. The summed E-state index contributed by atoms with van der Waals surface area (Å²) in [7, 11) is -4.01. The maximum absolute atomic E-state index is 15.3. The minimum atomic E-state index is -4.01. The summed E-state index contributed by atoms with van der Waals surface area (Å²) in [6.45, 7) is 5.66. The summed E-state index contributed by atoms with van der Waals surface area (Å²) in [5, 5.41) is 10.9. The van der Waals surface area contributed by atoms with Gasteiger partial charge in [0.1, 0.15) is 23.3 Å². The first-order valence-corrected chi connectivity index (χ1v) is 13.5. The fourth-order valence-electron chi connectivity index (χ4n) is 3.66. The Morgan fingerprint density at radius 1 is 1.33 bits per heavy atom. The number of benzene rings is 1. The van der Waals surface area contributed by atoms with Crippen molar-refractivity contribution in [2.24, 2.45) is 5.92 Å². The molecule has 0 saturated carbocycles. The Balaban J connectivity index is 1.79. The van der Waals surface area contributed by atoms with E-state index in [0.717, 1.165) is 0 Å². The zero-order chi connectivity index (χ0) is 26.7. The molecule has 1 aromatic carbocycles. The minimum absolute atomic E-state index is 0.00962. The summed E-state index contributed by atoms with van der Waals surface area (Å²) in [6.07, 6.45) is -3.74. The van der Waals surface area contributed by atoms with Gasteiger partial charge in [-0.15, -0.1) is 0 Å². The number of aromatic nitrogens is 2. The van der Waals surface area contributed by atoms with E-state index >= 15 is 4.39 Å². The molecule has 36 heavy (non-hydrogen) atoms. The topological polar surface area (TPSA) is 135 Å². The quantitative estimate of drug-likeness (QED) is 0.257. The van der Waals surface area contributed by atoms with Crippen LogP contribution in [0.4, 0.5) is 10.2 Å². The van der Waals surface area contributed by atoms with Crippen LogP contribution in [0.3, 0.4) is 0 Å². The van der Waals surface area contributed by atoms with Crippen LogP contribution in [0.1, 0.15) is 33.9 Å². The van der Waals surface area contributed by atoms with Crippen LogP contribution in [0, 0.1) is 10.7 Å². The first-order valence-electron chi connectivity index (χ1n) is 11.4. The molecule has 3 rings (SSSR count). The Morgan fingerprint density at radius 3 is 2.61 bits per heavy atom. The van der Waals surface area contributed by atoms with Crippen molar-refractivity contribution in [2.75, 3.05) is 18.5 Å². The molecule has 1 fully saturated rings. The number of nitrogens with zero attached hydrogens (tertiary/aromatic N) is 2. The van der Waals surface area contributed by atoms with Gasteiger partial charge in [0.15, 0.2) is 12.4 Å². The SMILES string of the molecule is CC(C)OC(=O)[C@H](C)CP(=O)(OC[C@H]1O[C@@H](n2ccc(N)nc2=S)C(C)(O)[C@H]1F)Oc1ccccc1. The van der Waals surface area contributed by atoms with Crippen molar-refractivity contribution in [3.05, 3.63) is 47.4 Å². The number of hydrogen-bond donors (Lipinski definition) is 2. The zero-order valence-electron chi connectivity index (χ0n) is 20.4. The van der Waals surface area contributed by atoms with Crippen molar-refractivity contribution in [2.45, 2.75) is 57.9 Å². The lowest BCUT2D eigenvalue weighted by Gasteiger charge is -2.27. The summed E-state index contributed by atoms with van der Waals surface area (Å²) >= 11 is 5.17. The van der Waals surface area contributed by atoms with E-state index in [4.69, 9.17) is 36.5 Å². The number of carbonyl (C=O) groups is 1. The third kappa shape index (κ3) is 6.68. The normalized spacial score (nSPS) is 26.4. The molecule has 0 spiro atoms. The fraction of sp³-hybridized carbons (Fsp3) is 0.522. The van der Waals surface area contributed by atoms with E-state index in [1.165, 1.54) is 30.7 Å². The van der Waals surface area contributed by atoms with Crippen molar-refractivity contribution < 1.29 is 37.4 Å². The van der Waals surface area contributed by atoms with Crippen LogP contribution in [-0.4, -0.2) is 57.4 Å². The third-order valence-electron chi connectivity index (χ3n) is 5.47. The highest BCUT2D eigenvalue weighted by atomic mass is 32.1. The molecule has 2 aromatic rings. The van der Waals surface area contributed by atoms with Crippen LogP contribution in [-0.2, 0) is 23.4 Å². The van der Waals surface area contributed by atoms with E-state index in [0.29, 0.717) is 0 Å². The van der Waals surface area contributed by atoms with Gasteiger partial charge in [0.25, 0.3) is 0 Å². The number of esters is 1. The summed E-state index contributed by atoms with van der Waals surface area (Å²) < 4.78 is 52.5. The highest BCUT2D eigenvalue weighted by Crippen LogP contribution is 2.51. The number of halogens is 1. The number of nitrogen functional groups attached to an aromatic ring is 1. The summed E-state index contributed by atoms with van der Waals surface area (Å²) in [6, 6.07) is 9.70. The van der Waals surface area contributed by atoms with Gasteiger partial charge >= 0.3 is 13.6 Å². The number of alkyl halides is 1. The predicted molar refractivity (Wildman–Crippen MR) is 133 cm³/mol. The lowest BCUT2D eigenvalue weighted by Crippen LogP contribution is -2.42.